The van der Waals surface area contributed by atoms with Crippen LogP contribution < -0.4 is 10.5 Å². The predicted molar refractivity (Wildman–Crippen MR) is 76.5 cm³/mol. The first kappa shape index (κ1) is 14.1. The molecule has 0 saturated heterocycles. The Morgan fingerprint density at radius 3 is 2.63 bits per heavy atom. The molecule has 3 nitrogen and oxygen atoms in total. The number of ether oxygens (including phenoxy) is 1. The predicted octanol–water partition coefficient (Wildman–Crippen LogP) is 3.18. The van der Waals surface area contributed by atoms with Gasteiger partial charge in [-0.15, -0.1) is 0 Å². The lowest BCUT2D eigenvalue weighted by Gasteiger charge is -2.25. The smallest absolute Gasteiger partial charge is 0.169 e. The highest BCUT2D eigenvalue weighted by atomic mass is 16.5. The van der Waals surface area contributed by atoms with Crippen LogP contribution in [0, 0.1) is 5.92 Å². The summed E-state index contributed by atoms with van der Waals surface area (Å²) in [6.07, 6.45) is 4.66. The fourth-order valence-electron chi connectivity index (χ4n) is 2.61. The lowest BCUT2D eigenvalue weighted by molar-refractivity contribution is 0.0880. The molecule has 0 spiro atoms. The maximum atomic E-state index is 12.6. The van der Waals surface area contributed by atoms with E-state index in [4.69, 9.17) is 10.5 Å². The molecule has 1 saturated carbocycles. The van der Waals surface area contributed by atoms with Crippen LogP contribution in [0.3, 0.4) is 0 Å². The van der Waals surface area contributed by atoms with Crippen LogP contribution >= 0.6 is 0 Å². The Morgan fingerprint density at radius 2 is 1.95 bits per heavy atom. The molecular formula is C16H23NO2. The molecule has 2 rings (SSSR count). The van der Waals surface area contributed by atoms with Crippen LogP contribution in [0.25, 0.3) is 0 Å². The van der Waals surface area contributed by atoms with Gasteiger partial charge in [0.25, 0.3) is 0 Å². The Bertz CT molecular complexity index is 423. The lowest BCUT2D eigenvalue weighted by atomic mass is 9.82. The topological polar surface area (TPSA) is 52.3 Å². The number of rotatable bonds is 5. The van der Waals surface area contributed by atoms with E-state index in [2.05, 4.69) is 6.92 Å². The Balaban J connectivity index is 2.09. The van der Waals surface area contributed by atoms with E-state index in [-0.39, 0.29) is 17.7 Å². The molecule has 0 heterocycles. The van der Waals surface area contributed by atoms with E-state index in [1.54, 1.807) is 0 Å². The Morgan fingerprint density at radius 1 is 1.26 bits per heavy atom. The summed E-state index contributed by atoms with van der Waals surface area (Å²) in [6.45, 7) is 2.72. The highest BCUT2D eigenvalue weighted by Crippen LogP contribution is 2.29. The number of nitrogens with two attached hydrogens (primary N) is 1. The molecule has 1 aromatic rings. The molecule has 1 aromatic carbocycles. The molecule has 0 radical (unpaired) electrons. The van der Waals surface area contributed by atoms with Crippen molar-refractivity contribution in [2.75, 3.05) is 6.61 Å². The summed E-state index contributed by atoms with van der Waals surface area (Å²) in [4.78, 5) is 12.6. The van der Waals surface area contributed by atoms with Gasteiger partial charge in [-0.1, -0.05) is 19.1 Å². The zero-order valence-electron chi connectivity index (χ0n) is 11.6. The number of Topliss-reactive ketones (excluding diaryl/α,β-unsaturated/α-hetero) is 1. The summed E-state index contributed by atoms with van der Waals surface area (Å²) < 4.78 is 5.67. The standard InChI is InChI=1S/C16H23NO2/c1-2-11-19-15-6-4-3-5-14(15)16(18)12-7-9-13(17)10-8-12/h3-6,12-13H,2,7-11,17H2,1H3. The number of hydrogen-bond donors (Lipinski definition) is 1. The Hall–Kier alpha value is -1.35. The normalized spacial score (nSPS) is 23.1. The SMILES string of the molecule is CCCOc1ccccc1C(=O)C1CCC(N)CC1. The Kier molecular flexibility index (Phi) is 4.97. The minimum Gasteiger partial charge on any atom is -0.493 e. The number of ketones is 1. The molecule has 0 unspecified atom stereocenters. The number of hydrogen-bond acceptors (Lipinski definition) is 3. The van der Waals surface area contributed by atoms with Crippen LogP contribution in [0.15, 0.2) is 24.3 Å². The largest absolute Gasteiger partial charge is 0.493 e. The summed E-state index contributed by atoms with van der Waals surface area (Å²) in [6, 6.07) is 7.86. The van der Waals surface area contributed by atoms with Gasteiger partial charge in [0, 0.05) is 12.0 Å². The molecule has 1 aliphatic carbocycles. The van der Waals surface area contributed by atoms with Crippen molar-refractivity contribution in [3.8, 4) is 5.75 Å². The van der Waals surface area contributed by atoms with Crippen molar-refractivity contribution >= 4 is 5.78 Å². The molecule has 0 bridgehead atoms. The van der Waals surface area contributed by atoms with Crippen molar-refractivity contribution in [1.82, 2.24) is 0 Å². The number of carbonyl (C=O) groups excluding carboxylic acids is 1. The first-order chi connectivity index (χ1) is 9.22. The van der Waals surface area contributed by atoms with Gasteiger partial charge in [-0.3, -0.25) is 4.79 Å². The second-order valence-corrected chi connectivity index (χ2v) is 5.32. The second kappa shape index (κ2) is 6.71. The zero-order valence-corrected chi connectivity index (χ0v) is 11.6. The van der Waals surface area contributed by atoms with Crippen LogP contribution in [0.5, 0.6) is 5.75 Å². The molecule has 0 aromatic heterocycles. The fourth-order valence-corrected chi connectivity index (χ4v) is 2.61. The summed E-state index contributed by atoms with van der Waals surface area (Å²) in [7, 11) is 0. The van der Waals surface area contributed by atoms with Crippen LogP contribution in [0.1, 0.15) is 49.4 Å². The fraction of sp³-hybridized carbons (Fsp3) is 0.562. The maximum Gasteiger partial charge on any atom is 0.169 e. The van der Waals surface area contributed by atoms with Crippen molar-refractivity contribution in [1.29, 1.82) is 0 Å². The molecule has 19 heavy (non-hydrogen) atoms. The highest BCUT2D eigenvalue weighted by molar-refractivity contribution is 6.00. The van der Waals surface area contributed by atoms with Crippen LogP contribution in [0.4, 0.5) is 0 Å². The molecule has 104 valence electrons. The van der Waals surface area contributed by atoms with Crippen LogP contribution in [0.2, 0.25) is 0 Å². The third-order valence-electron chi connectivity index (χ3n) is 3.76. The van der Waals surface area contributed by atoms with Gasteiger partial charge < -0.3 is 10.5 Å². The van der Waals surface area contributed by atoms with E-state index in [0.717, 1.165) is 43.4 Å². The maximum absolute atomic E-state index is 12.6. The summed E-state index contributed by atoms with van der Waals surface area (Å²) in [5, 5.41) is 0. The van der Waals surface area contributed by atoms with Crippen molar-refractivity contribution < 1.29 is 9.53 Å². The second-order valence-electron chi connectivity index (χ2n) is 5.32. The van der Waals surface area contributed by atoms with E-state index in [0.29, 0.717) is 6.61 Å². The van der Waals surface area contributed by atoms with Gasteiger partial charge in [-0.2, -0.15) is 0 Å². The molecule has 1 fully saturated rings. The molecule has 0 atom stereocenters. The first-order valence-corrected chi connectivity index (χ1v) is 7.24. The number of carbonyl (C=O) groups is 1. The average molecular weight is 261 g/mol. The average Bonchev–Trinajstić information content (AvgIpc) is 2.45. The Labute approximate surface area is 115 Å². The minimum absolute atomic E-state index is 0.117. The molecule has 3 heteroatoms. The van der Waals surface area contributed by atoms with Crippen LogP contribution in [-0.4, -0.2) is 18.4 Å². The summed E-state index contributed by atoms with van der Waals surface area (Å²) >= 11 is 0. The van der Waals surface area contributed by atoms with Gasteiger partial charge >= 0.3 is 0 Å². The van der Waals surface area contributed by atoms with Crippen molar-refractivity contribution in [3.05, 3.63) is 29.8 Å². The third-order valence-corrected chi connectivity index (χ3v) is 3.76. The molecule has 0 amide bonds. The van der Waals surface area contributed by atoms with Crippen molar-refractivity contribution in [2.24, 2.45) is 11.7 Å². The van der Waals surface area contributed by atoms with Crippen molar-refractivity contribution in [3.63, 3.8) is 0 Å². The summed E-state index contributed by atoms with van der Waals surface area (Å²) in [5.41, 5.74) is 6.63. The van der Waals surface area contributed by atoms with E-state index >= 15 is 0 Å². The van der Waals surface area contributed by atoms with Gasteiger partial charge in [-0.25, -0.2) is 0 Å². The zero-order chi connectivity index (χ0) is 13.7. The molecule has 2 N–H and O–H groups in total. The van der Waals surface area contributed by atoms with Crippen molar-refractivity contribution in [2.45, 2.75) is 45.1 Å². The molecular weight excluding hydrogens is 238 g/mol. The molecule has 0 aliphatic heterocycles. The highest BCUT2D eigenvalue weighted by Gasteiger charge is 2.27. The van der Waals surface area contributed by atoms with E-state index in [1.807, 2.05) is 24.3 Å². The van der Waals surface area contributed by atoms with E-state index < -0.39 is 0 Å². The van der Waals surface area contributed by atoms with Gasteiger partial charge in [0.15, 0.2) is 5.78 Å². The van der Waals surface area contributed by atoms with Gasteiger partial charge in [-0.05, 0) is 44.2 Å². The van der Waals surface area contributed by atoms with E-state index in [1.165, 1.54) is 0 Å². The van der Waals surface area contributed by atoms with Crippen LogP contribution in [-0.2, 0) is 0 Å². The van der Waals surface area contributed by atoms with Gasteiger partial charge in [0.1, 0.15) is 5.75 Å². The monoisotopic (exact) mass is 261 g/mol. The molecule has 1 aliphatic rings. The summed E-state index contributed by atoms with van der Waals surface area (Å²) in [5.74, 6) is 1.06. The van der Waals surface area contributed by atoms with Gasteiger partial charge in [0.05, 0.1) is 12.2 Å². The first-order valence-electron chi connectivity index (χ1n) is 7.24. The van der Waals surface area contributed by atoms with E-state index in [9.17, 15) is 4.79 Å². The minimum atomic E-state index is 0.117. The lowest BCUT2D eigenvalue weighted by Crippen LogP contribution is -2.30. The van der Waals surface area contributed by atoms with Gasteiger partial charge in [0.2, 0.25) is 0 Å². The number of para-hydroxylation sites is 1. The number of benzene rings is 1. The quantitative estimate of drug-likeness (QED) is 0.828. The third kappa shape index (κ3) is 3.57.